The molecule has 3 aromatic rings. The molecule has 2 N–H and O–H groups in total. The molecule has 0 bridgehead atoms. The third kappa shape index (κ3) is 3.02. The van der Waals surface area contributed by atoms with Crippen molar-refractivity contribution in [3.8, 4) is 0 Å². The van der Waals surface area contributed by atoms with Crippen molar-refractivity contribution in [2.24, 2.45) is 0 Å². The number of anilines is 1. The molecule has 11 heteroatoms. The van der Waals surface area contributed by atoms with Crippen LogP contribution in [0.1, 0.15) is 0 Å². The number of benzene rings is 1. The number of H-pyrrole nitrogens is 2. The van der Waals surface area contributed by atoms with Crippen molar-refractivity contribution in [2.75, 3.05) is 31.1 Å². The summed E-state index contributed by atoms with van der Waals surface area (Å²) in [5, 5.41) is 0. The highest BCUT2D eigenvalue weighted by molar-refractivity contribution is 9.10. The van der Waals surface area contributed by atoms with Crippen LogP contribution in [0, 0.1) is 0 Å². The van der Waals surface area contributed by atoms with E-state index in [9.17, 15) is 13.2 Å². The highest BCUT2D eigenvalue weighted by Gasteiger charge is 2.31. The predicted molar refractivity (Wildman–Crippen MR) is 99.6 cm³/mol. The van der Waals surface area contributed by atoms with Gasteiger partial charge < -0.3 is 14.9 Å². The van der Waals surface area contributed by atoms with E-state index in [1.807, 2.05) is 4.90 Å². The maximum absolute atomic E-state index is 13.0. The van der Waals surface area contributed by atoms with Gasteiger partial charge in [-0.25, -0.2) is 23.2 Å². The quantitative estimate of drug-likeness (QED) is 0.627. The lowest BCUT2D eigenvalue weighted by atomic mass is 10.3. The molecule has 0 aliphatic carbocycles. The summed E-state index contributed by atoms with van der Waals surface area (Å²) in [6, 6.07) is 4.80. The van der Waals surface area contributed by atoms with Crippen molar-refractivity contribution in [3.63, 3.8) is 0 Å². The highest BCUT2D eigenvalue weighted by atomic mass is 79.9. The normalized spacial score (nSPS) is 16.3. The van der Waals surface area contributed by atoms with Crippen LogP contribution >= 0.6 is 15.9 Å². The molecule has 1 aromatic carbocycles. The second-order valence-corrected chi connectivity index (χ2v) is 8.61. The van der Waals surface area contributed by atoms with E-state index < -0.39 is 10.0 Å². The predicted octanol–water partition coefficient (Wildman–Crippen LogP) is 0.920. The number of rotatable bonds is 3. The molecular formula is C15H15BrN6O3S. The summed E-state index contributed by atoms with van der Waals surface area (Å²) >= 11 is 3.31. The number of piperazine rings is 1. The molecule has 26 heavy (non-hydrogen) atoms. The van der Waals surface area contributed by atoms with Gasteiger partial charge in [0.1, 0.15) is 0 Å². The van der Waals surface area contributed by atoms with Crippen molar-refractivity contribution in [1.82, 2.24) is 24.2 Å². The summed E-state index contributed by atoms with van der Waals surface area (Å²) in [5.41, 5.74) is 0.623. The van der Waals surface area contributed by atoms with Gasteiger partial charge in [0.05, 0.1) is 15.9 Å². The molecule has 1 aliphatic heterocycles. The number of aromatic nitrogens is 4. The van der Waals surface area contributed by atoms with Gasteiger partial charge in [-0.15, -0.1) is 0 Å². The van der Waals surface area contributed by atoms with E-state index in [1.165, 1.54) is 10.4 Å². The minimum Gasteiger partial charge on any atom is -0.338 e. The van der Waals surface area contributed by atoms with E-state index in [2.05, 4.69) is 35.9 Å². The lowest BCUT2D eigenvalue weighted by molar-refractivity contribution is 0.382. The summed E-state index contributed by atoms with van der Waals surface area (Å²) in [6.07, 6.45) is 3.32. The first-order chi connectivity index (χ1) is 12.4. The zero-order valence-corrected chi connectivity index (χ0v) is 15.9. The Bertz CT molecular complexity index is 1100. The van der Waals surface area contributed by atoms with E-state index in [0.717, 1.165) is 0 Å². The van der Waals surface area contributed by atoms with Crippen LogP contribution in [0.15, 0.2) is 44.8 Å². The largest absolute Gasteiger partial charge is 0.338 e. The first-order valence-electron chi connectivity index (χ1n) is 7.89. The molecule has 1 fully saturated rings. The smallest absolute Gasteiger partial charge is 0.323 e. The molecule has 3 heterocycles. The van der Waals surface area contributed by atoms with Crippen LogP contribution in [0.2, 0.25) is 0 Å². The third-order valence-electron chi connectivity index (χ3n) is 4.26. The van der Waals surface area contributed by atoms with Gasteiger partial charge in [0.25, 0.3) is 0 Å². The van der Waals surface area contributed by atoms with E-state index in [4.69, 9.17) is 0 Å². The summed E-state index contributed by atoms with van der Waals surface area (Å²) in [6.45, 7) is 1.66. The molecule has 4 rings (SSSR count). The van der Waals surface area contributed by atoms with Gasteiger partial charge >= 0.3 is 5.69 Å². The average molecular weight is 439 g/mol. The standard InChI is InChI=1S/C15H15BrN6O3S/c16-10-8-11-12(20-15(23)19-11)9-13(10)26(24,25)22-6-4-21(5-7-22)14-17-2-1-3-18-14/h1-3,8-9H,4-7H2,(H2,19,20,23). The number of imidazole rings is 1. The molecule has 9 nitrogen and oxygen atoms in total. The summed E-state index contributed by atoms with van der Waals surface area (Å²) in [4.78, 5) is 27.1. The molecule has 2 aromatic heterocycles. The Morgan fingerprint density at radius 2 is 1.62 bits per heavy atom. The topological polar surface area (TPSA) is 115 Å². The Morgan fingerprint density at radius 3 is 2.27 bits per heavy atom. The number of nitrogens with one attached hydrogen (secondary N) is 2. The van der Waals surface area contributed by atoms with Crippen molar-refractivity contribution in [3.05, 3.63) is 45.5 Å². The molecule has 0 spiro atoms. The highest BCUT2D eigenvalue weighted by Crippen LogP contribution is 2.29. The van der Waals surface area contributed by atoms with Crippen LogP contribution in [0.25, 0.3) is 11.0 Å². The third-order valence-corrected chi connectivity index (χ3v) is 7.12. The Morgan fingerprint density at radius 1 is 1.00 bits per heavy atom. The number of nitrogens with zero attached hydrogens (tertiary/aromatic N) is 4. The van der Waals surface area contributed by atoms with Gasteiger partial charge in [-0.1, -0.05) is 0 Å². The lowest BCUT2D eigenvalue weighted by Crippen LogP contribution is -2.49. The molecule has 1 aliphatic rings. The van der Waals surface area contributed by atoms with Crippen molar-refractivity contribution >= 4 is 42.9 Å². The lowest BCUT2D eigenvalue weighted by Gasteiger charge is -2.34. The van der Waals surface area contributed by atoms with Crippen LogP contribution in [-0.4, -0.2) is 58.8 Å². The van der Waals surface area contributed by atoms with Crippen molar-refractivity contribution < 1.29 is 8.42 Å². The number of sulfonamides is 1. The maximum Gasteiger partial charge on any atom is 0.323 e. The van der Waals surface area contributed by atoms with Gasteiger partial charge in [0, 0.05) is 43.0 Å². The molecular weight excluding hydrogens is 424 g/mol. The van der Waals surface area contributed by atoms with Crippen molar-refractivity contribution in [1.29, 1.82) is 0 Å². The van der Waals surface area contributed by atoms with Gasteiger partial charge in [0.15, 0.2) is 0 Å². The zero-order chi connectivity index (χ0) is 18.3. The van der Waals surface area contributed by atoms with Crippen LogP contribution in [-0.2, 0) is 10.0 Å². The van der Waals surface area contributed by atoms with E-state index in [1.54, 1.807) is 24.5 Å². The number of hydrogen-bond donors (Lipinski definition) is 2. The second-order valence-electron chi connectivity index (χ2n) is 5.85. The molecule has 0 amide bonds. The molecule has 0 atom stereocenters. The molecule has 0 saturated carbocycles. The Balaban J connectivity index is 1.60. The van der Waals surface area contributed by atoms with Crippen LogP contribution in [0.4, 0.5) is 5.95 Å². The first kappa shape index (κ1) is 17.2. The monoisotopic (exact) mass is 438 g/mol. The first-order valence-corrected chi connectivity index (χ1v) is 10.1. The van der Waals surface area contributed by atoms with Crippen LogP contribution in [0.5, 0.6) is 0 Å². The van der Waals surface area contributed by atoms with Crippen LogP contribution < -0.4 is 10.6 Å². The second kappa shape index (κ2) is 6.49. The van der Waals surface area contributed by atoms with Crippen molar-refractivity contribution in [2.45, 2.75) is 4.90 Å². The summed E-state index contributed by atoms with van der Waals surface area (Å²) < 4.78 is 27.9. The van der Waals surface area contributed by atoms with Gasteiger partial charge in [-0.2, -0.15) is 4.31 Å². The summed E-state index contributed by atoms with van der Waals surface area (Å²) in [5.74, 6) is 0.594. The molecule has 136 valence electrons. The van der Waals surface area contributed by atoms with E-state index in [0.29, 0.717) is 47.6 Å². The molecule has 0 radical (unpaired) electrons. The number of halogens is 1. The van der Waals surface area contributed by atoms with E-state index >= 15 is 0 Å². The van der Waals surface area contributed by atoms with Gasteiger partial charge in [-0.05, 0) is 34.1 Å². The zero-order valence-electron chi connectivity index (χ0n) is 13.5. The SMILES string of the molecule is O=c1[nH]c2cc(Br)c(S(=O)(=O)N3CCN(c4ncccn4)CC3)cc2[nH]1. The van der Waals surface area contributed by atoms with E-state index in [-0.39, 0.29) is 10.6 Å². The summed E-state index contributed by atoms with van der Waals surface area (Å²) in [7, 11) is -3.70. The number of fused-ring (bicyclic) bond motifs is 1. The maximum atomic E-state index is 13.0. The molecule has 1 saturated heterocycles. The number of aromatic amines is 2. The van der Waals surface area contributed by atoms with Gasteiger partial charge in [0.2, 0.25) is 16.0 Å². The average Bonchev–Trinajstić information content (AvgIpc) is 3.00. The molecule has 0 unspecified atom stereocenters. The fourth-order valence-corrected chi connectivity index (χ4v) is 5.41. The minimum absolute atomic E-state index is 0.129. The van der Waals surface area contributed by atoms with Crippen LogP contribution in [0.3, 0.4) is 0 Å². The van der Waals surface area contributed by atoms with Gasteiger partial charge in [-0.3, -0.25) is 0 Å². The number of hydrogen-bond acceptors (Lipinski definition) is 6. The Kier molecular flexibility index (Phi) is 4.29. The Hall–Kier alpha value is -2.24. The Labute approximate surface area is 157 Å². The fourth-order valence-electron chi connectivity index (χ4n) is 2.96. The fraction of sp³-hybridized carbons (Fsp3) is 0.267. The minimum atomic E-state index is -3.70.